The Morgan fingerprint density at radius 2 is 1.78 bits per heavy atom. The Balaban J connectivity index is 1.22. The van der Waals surface area contributed by atoms with Gasteiger partial charge in [0, 0.05) is 37.8 Å². The van der Waals surface area contributed by atoms with Crippen LogP contribution in [0.2, 0.25) is 0 Å². The molecule has 6 rings (SSSR count). The molecule has 0 saturated carbocycles. The Bertz CT molecular complexity index is 1600. The van der Waals surface area contributed by atoms with Gasteiger partial charge in [-0.05, 0) is 75.1 Å². The number of aromatic nitrogens is 2. The Kier molecular flexibility index (Phi) is 7.11. The molecule has 9 nitrogen and oxygen atoms in total. The number of piperidine rings is 1. The van der Waals surface area contributed by atoms with Crippen LogP contribution in [0.15, 0.2) is 48.5 Å². The van der Waals surface area contributed by atoms with Gasteiger partial charge in [-0.3, -0.25) is 4.31 Å². The third kappa shape index (κ3) is 5.60. The minimum Gasteiger partial charge on any atom is -0.369 e. The number of fused-ring (bicyclic) bond motifs is 1. The third-order valence-electron chi connectivity index (χ3n) is 8.64. The van der Waals surface area contributed by atoms with Gasteiger partial charge >= 0.3 is 0 Å². The first-order valence-electron chi connectivity index (χ1n) is 14.0. The number of hydrogen-bond acceptors (Lipinski definition) is 8. The first-order chi connectivity index (χ1) is 19.6. The van der Waals surface area contributed by atoms with Gasteiger partial charge in [0.25, 0.3) is 0 Å². The zero-order chi connectivity index (χ0) is 28.8. The second kappa shape index (κ2) is 10.6. The van der Waals surface area contributed by atoms with Gasteiger partial charge in [-0.1, -0.05) is 24.3 Å². The van der Waals surface area contributed by atoms with Crippen molar-refractivity contribution in [2.75, 3.05) is 66.4 Å². The molecule has 1 aromatic heterocycles. The summed E-state index contributed by atoms with van der Waals surface area (Å²) in [7, 11) is 0.221. The molecule has 216 valence electrons. The van der Waals surface area contributed by atoms with Crippen molar-refractivity contribution in [1.82, 2.24) is 14.9 Å². The molecular formula is C30H36FN7O2S. The maximum absolute atomic E-state index is 15.4. The number of likely N-dealkylation sites (tertiary alicyclic amines) is 1. The molecule has 2 saturated heterocycles. The summed E-state index contributed by atoms with van der Waals surface area (Å²) in [5, 5.41) is 6.49. The van der Waals surface area contributed by atoms with E-state index in [-0.39, 0.29) is 5.82 Å². The summed E-state index contributed by atoms with van der Waals surface area (Å²) in [5.74, 6) is 0.611. The predicted molar refractivity (Wildman–Crippen MR) is 163 cm³/mol. The number of benzene rings is 2. The molecule has 3 heterocycles. The van der Waals surface area contributed by atoms with Crippen molar-refractivity contribution in [3.8, 4) is 0 Å². The average Bonchev–Trinajstić information content (AvgIpc) is 3.58. The van der Waals surface area contributed by atoms with E-state index in [0.717, 1.165) is 63.0 Å². The summed E-state index contributed by atoms with van der Waals surface area (Å²) >= 11 is 0. The monoisotopic (exact) mass is 577 g/mol. The van der Waals surface area contributed by atoms with Crippen LogP contribution < -0.4 is 19.8 Å². The molecule has 0 radical (unpaired) electrons. The highest BCUT2D eigenvalue weighted by atomic mass is 32.2. The van der Waals surface area contributed by atoms with Crippen molar-refractivity contribution in [3.63, 3.8) is 0 Å². The summed E-state index contributed by atoms with van der Waals surface area (Å²) in [6, 6.07) is 12.4. The lowest BCUT2D eigenvalue weighted by Gasteiger charge is -2.37. The summed E-state index contributed by atoms with van der Waals surface area (Å²) in [4.78, 5) is 13.9. The number of rotatable bonds is 7. The lowest BCUT2D eigenvalue weighted by atomic mass is 9.78. The number of para-hydroxylation sites is 2. The fraction of sp³-hybridized carbons (Fsp3) is 0.400. The molecule has 2 fully saturated rings. The van der Waals surface area contributed by atoms with Crippen LogP contribution in [0.4, 0.5) is 38.9 Å². The Morgan fingerprint density at radius 1 is 1.02 bits per heavy atom. The molecule has 0 unspecified atom stereocenters. The Labute approximate surface area is 241 Å². The predicted octanol–water partition coefficient (Wildman–Crippen LogP) is 4.99. The fourth-order valence-corrected chi connectivity index (χ4v) is 6.57. The van der Waals surface area contributed by atoms with E-state index < -0.39 is 10.0 Å². The second-order valence-electron chi connectivity index (χ2n) is 11.5. The Hall–Kier alpha value is -3.70. The lowest BCUT2D eigenvalue weighted by molar-refractivity contribution is 0.142. The number of halogens is 1. The fourth-order valence-electron chi connectivity index (χ4n) is 6.06. The number of nitrogens with zero attached hydrogens (tertiary/aromatic N) is 5. The first kappa shape index (κ1) is 27.5. The molecule has 3 aliphatic rings. The van der Waals surface area contributed by atoms with Gasteiger partial charge < -0.3 is 20.4 Å². The van der Waals surface area contributed by atoms with Gasteiger partial charge in [-0.15, -0.1) is 0 Å². The number of hydrogen-bond donors (Lipinski definition) is 2. The van der Waals surface area contributed by atoms with Gasteiger partial charge in [-0.25, -0.2) is 17.8 Å². The highest BCUT2D eigenvalue weighted by Crippen LogP contribution is 2.42. The molecule has 41 heavy (non-hydrogen) atoms. The first-order valence-corrected chi connectivity index (χ1v) is 15.8. The normalized spacial score (nSPS) is 18.1. The zero-order valence-electron chi connectivity index (χ0n) is 23.7. The van der Waals surface area contributed by atoms with Crippen LogP contribution in [0, 0.1) is 11.2 Å². The number of nitrogens with one attached hydrogen (secondary N) is 2. The molecule has 2 aliphatic heterocycles. The van der Waals surface area contributed by atoms with E-state index in [9.17, 15) is 8.42 Å². The number of sulfonamides is 1. The van der Waals surface area contributed by atoms with Gasteiger partial charge in [0.2, 0.25) is 16.0 Å². The zero-order valence-corrected chi connectivity index (χ0v) is 24.5. The molecule has 2 aromatic carbocycles. The molecule has 3 aromatic rings. The topological polar surface area (TPSA) is 93.7 Å². The summed E-state index contributed by atoms with van der Waals surface area (Å²) in [5.41, 5.74) is 4.26. The molecule has 0 bridgehead atoms. The van der Waals surface area contributed by atoms with Crippen molar-refractivity contribution in [1.29, 1.82) is 0 Å². The molecule has 1 aliphatic carbocycles. The minimum absolute atomic E-state index is 0.265. The van der Waals surface area contributed by atoms with E-state index in [1.54, 1.807) is 18.2 Å². The quantitative estimate of drug-likeness (QED) is 0.406. The molecule has 1 spiro atoms. The molecule has 0 amide bonds. The van der Waals surface area contributed by atoms with Crippen LogP contribution in [-0.4, -0.2) is 69.8 Å². The van der Waals surface area contributed by atoms with Crippen LogP contribution in [0.25, 0.3) is 6.08 Å². The number of allylic oxidation sites excluding steroid dienone is 1. The van der Waals surface area contributed by atoms with E-state index in [4.69, 9.17) is 4.98 Å². The van der Waals surface area contributed by atoms with Gasteiger partial charge in [0.05, 0.1) is 29.0 Å². The van der Waals surface area contributed by atoms with Crippen LogP contribution in [-0.2, 0) is 16.4 Å². The highest BCUT2D eigenvalue weighted by Gasteiger charge is 2.40. The van der Waals surface area contributed by atoms with Crippen LogP contribution in [0.5, 0.6) is 0 Å². The van der Waals surface area contributed by atoms with E-state index in [1.165, 1.54) is 17.4 Å². The molecular weight excluding hydrogens is 541 g/mol. The average molecular weight is 578 g/mol. The van der Waals surface area contributed by atoms with Crippen molar-refractivity contribution in [3.05, 3.63) is 65.6 Å². The molecule has 11 heteroatoms. The lowest BCUT2D eigenvalue weighted by Crippen LogP contribution is -2.39. The SMILES string of the molecule is CN1CCC2(CC1)CCN(c1ccc(Nc3nc4c(c(Nc5ccccc5N(C)S(C)(=O)=O)n3)C=CC4)cc1F)C2. The van der Waals surface area contributed by atoms with Crippen molar-refractivity contribution < 1.29 is 12.8 Å². The van der Waals surface area contributed by atoms with Gasteiger partial charge in [0.15, 0.2) is 0 Å². The molecule has 2 N–H and O–H groups in total. The smallest absolute Gasteiger partial charge is 0.232 e. The van der Waals surface area contributed by atoms with E-state index in [1.807, 2.05) is 30.4 Å². The molecule has 0 atom stereocenters. The van der Waals surface area contributed by atoms with Crippen LogP contribution >= 0.6 is 0 Å². The van der Waals surface area contributed by atoms with E-state index >= 15 is 4.39 Å². The van der Waals surface area contributed by atoms with Gasteiger partial charge in [-0.2, -0.15) is 4.98 Å². The van der Waals surface area contributed by atoms with E-state index in [0.29, 0.717) is 46.4 Å². The van der Waals surface area contributed by atoms with E-state index in [2.05, 4.69) is 32.5 Å². The summed E-state index contributed by atoms with van der Waals surface area (Å²) in [6.07, 6.45) is 9.20. The van der Waals surface area contributed by atoms with Gasteiger partial charge in [0.1, 0.15) is 11.6 Å². The summed E-state index contributed by atoms with van der Waals surface area (Å²) < 4.78 is 41.1. The van der Waals surface area contributed by atoms with Crippen molar-refractivity contribution in [2.45, 2.75) is 25.7 Å². The van der Waals surface area contributed by atoms with Crippen LogP contribution in [0.3, 0.4) is 0 Å². The highest BCUT2D eigenvalue weighted by molar-refractivity contribution is 7.92. The second-order valence-corrected chi connectivity index (χ2v) is 13.5. The maximum atomic E-state index is 15.4. The van der Waals surface area contributed by atoms with Crippen LogP contribution in [0.1, 0.15) is 30.5 Å². The maximum Gasteiger partial charge on any atom is 0.232 e. The van der Waals surface area contributed by atoms with Crippen molar-refractivity contribution >= 4 is 50.6 Å². The minimum atomic E-state index is -3.46. The standard InChI is InChI=1S/C30H36FN7O2S/c1-36-16-13-30(14-17-36)15-18-38(20-30)26-12-11-21(19-23(26)31)32-29-34-24-9-6-7-22(24)28(35-29)33-25-8-4-5-10-27(25)37(2)41(3,39)40/h4-8,10-12,19H,9,13-18,20H2,1-3H3,(H2,32,33,34,35). The number of anilines is 6. The Morgan fingerprint density at radius 3 is 2.54 bits per heavy atom. The third-order valence-corrected chi connectivity index (χ3v) is 9.84. The summed E-state index contributed by atoms with van der Waals surface area (Å²) in [6.45, 7) is 3.98. The largest absolute Gasteiger partial charge is 0.369 e. The van der Waals surface area contributed by atoms with Crippen molar-refractivity contribution in [2.24, 2.45) is 5.41 Å².